The van der Waals surface area contributed by atoms with E-state index in [-0.39, 0.29) is 0 Å². The van der Waals surface area contributed by atoms with Crippen molar-refractivity contribution in [3.05, 3.63) is 25.3 Å². The van der Waals surface area contributed by atoms with Crippen LogP contribution in [0.25, 0.3) is 0 Å². The monoisotopic (exact) mass is 210 g/mol. The van der Waals surface area contributed by atoms with Crippen LogP contribution in [-0.2, 0) is 0 Å². The summed E-state index contributed by atoms with van der Waals surface area (Å²) in [6.45, 7) is 16.1. The lowest BCUT2D eigenvalue weighted by Crippen LogP contribution is -2.34. The van der Waals surface area contributed by atoms with Gasteiger partial charge in [-0.15, -0.1) is 13.2 Å². The molecule has 0 heterocycles. The Labute approximate surface area is 95.0 Å². The molecular weight excluding hydrogens is 184 g/mol. The van der Waals surface area contributed by atoms with Gasteiger partial charge in [-0.05, 0) is 32.9 Å². The van der Waals surface area contributed by atoms with Gasteiger partial charge in [0.2, 0.25) is 0 Å². The van der Waals surface area contributed by atoms with E-state index in [9.17, 15) is 0 Å². The normalized spacial score (nSPS) is 12.7. The van der Waals surface area contributed by atoms with Crippen molar-refractivity contribution >= 4 is 0 Å². The Kier molecular flexibility index (Phi) is 9.54. The van der Waals surface area contributed by atoms with E-state index in [4.69, 9.17) is 0 Å². The van der Waals surface area contributed by atoms with Crippen molar-refractivity contribution < 1.29 is 0 Å². The van der Waals surface area contributed by atoms with E-state index >= 15 is 0 Å². The van der Waals surface area contributed by atoms with Gasteiger partial charge in [-0.1, -0.05) is 19.1 Å². The van der Waals surface area contributed by atoms with E-state index in [1.165, 1.54) is 12.8 Å². The van der Waals surface area contributed by atoms with Crippen molar-refractivity contribution in [2.75, 3.05) is 26.2 Å². The third-order valence-electron chi connectivity index (χ3n) is 2.58. The summed E-state index contributed by atoms with van der Waals surface area (Å²) in [5.41, 5.74) is 0. The van der Waals surface area contributed by atoms with Crippen molar-refractivity contribution in [1.29, 1.82) is 0 Å². The number of hydrogen-bond acceptors (Lipinski definition) is 2. The Morgan fingerprint density at radius 3 is 2.33 bits per heavy atom. The minimum Gasteiger partial charge on any atom is -0.317 e. The Balaban J connectivity index is 3.74. The first-order valence-electron chi connectivity index (χ1n) is 5.92. The molecule has 0 aliphatic heterocycles. The van der Waals surface area contributed by atoms with Crippen LogP contribution in [0.3, 0.4) is 0 Å². The van der Waals surface area contributed by atoms with Crippen molar-refractivity contribution in [3.8, 4) is 0 Å². The van der Waals surface area contributed by atoms with Crippen LogP contribution < -0.4 is 5.32 Å². The second-order valence-corrected chi connectivity index (χ2v) is 3.88. The molecule has 0 aliphatic carbocycles. The summed E-state index contributed by atoms with van der Waals surface area (Å²) in [6, 6.07) is 0.611. The van der Waals surface area contributed by atoms with E-state index < -0.39 is 0 Å². The van der Waals surface area contributed by atoms with Crippen LogP contribution in [0.1, 0.15) is 26.7 Å². The summed E-state index contributed by atoms with van der Waals surface area (Å²) in [6.07, 6.45) is 6.39. The molecule has 0 amide bonds. The van der Waals surface area contributed by atoms with Crippen LogP contribution >= 0.6 is 0 Å². The molecule has 0 saturated heterocycles. The summed E-state index contributed by atoms with van der Waals surface area (Å²) in [7, 11) is 0. The molecule has 0 spiro atoms. The van der Waals surface area contributed by atoms with Crippen LogP contribution in [0.15, 0.2) is 25.3 Å². The molecule has 0 aliphatic rings. The minimum atomic E-state index is 0.611. The number of rotatable bonds is 10. The fraction of sp³-hybridized carbons (Fsp3) is 0.692. The van der Waals surface area contributed by atoms with Gasteiger partial charge < -0.3 is 5.32 Å². The minimum absolute atomic E-state index is 0.611. The lowest BCUT2D eigenvalue weighted by atomic mass is 10.1. The smallest absolute Gasteiger partial charge is 0.0166 e. The van der Waals surface area contributed by atoms with Crippen molar-refractivity contribution in [3.63, 3.8) is 0 Å². The number of hydrogen-bond donors (Lipinski definition) is 1. The van der Waals surface area contributed by atoms with Gasteiger partial charge in [0, 0.05) is 19.1 Å². The van der Waals surface area contributed by atoms with Crippen LogP contribution in [0.2, 0.25) is 0 Å². The maximum absolute atomic E-state index is 3.79. The largest absolute Gasteiger partial charge is 0.317 e. The Hall–Kier alpha value is -0.600. The summed E-state index contributed by atoms with van der Waals surface area (Å²) < 4.78 is 0. The highest BCUT2D eigenvalue weighted by atomic mass is 15.1. The van der Waals surface area contributed by atoms with E-state index in [2.05, 4.69) is 37.2 Å². The van der Waals surface area contributed by atoms with E-state index in [1.54, 1.807) is 0 Å². The van der Waals surface area contributed by atoms with Gasteiger partial charge in [-0.2, -0.15) is 0 Å². The van der Waals surface area contributed by atoms with Gasteiger partial charge in [0.1, 0.15) is 0 Å². The van der Waals surface area contributed by atoms with Crippen LogP contribution in [0.4, 0.5) is 0 Å². The van der Waals surface area contributed by atoms with Gasteiger partial charge in [0.05, 0.1) is 0 Å². The summed E-state index contributed by atoms with van der Waals surface area (Å²) in [5, 5.41) is 3.35. The summed E-state index contributed by atoms with van der Waals surface area (Å²) in [5.74, 6) is 0. The first-order valence-corrected chi connectivity index (χ1v) is 5.92. The molecule has 1 N–H and O–H groups in total. The number of nitrogens with one attached hydrogen (secondary N) is 1. The number of nitrogens with zero attached hydrogens (tertiary/aromatic N) is 1. The quantitative estimate of drug-likeness (QED) is 0.440. The zero-order chi connectivity index (χ0) is 11.5. The molecule has 0 bridgehead atoms. The van der Waals surface area contributed by atoms with E-state index in [0.29, 0.717) is 6.04 Å². The highest BCUT2D eigenvalue weighted by Crippen LogP contribution is 2.06. The van der Waals surface area contributed by atoms with Gasteiger partial charge in [0.15, 0.2) is 0 Å². The van der Waals surface area contributed by atoms with Crippen LogP contribution in [0.5, 0.6) is 0 Å². The predicted octanol–water partition coefficient (Wildman–Crippen LogP) is 2.44. The fourth-order valence-corrected chi connectivity index (χ4v) is 1.65. The topological polar surface area (TPSA) is 15.3 Å². The molecule has 15 heavy (non-hydrogen) atoms. The standard InChI is InChI=1S/C13H26N2/c1-5-11-15(12-6-2)13(4)9-8-10-14-7-3/h5-6,13-14H,1-2,7-12H2,3-4H3. The first-order chi connectivity index (χ1) is 7.26. The highest BCUT2D eigenvalue weighted by Gasteiger charge is 2.09. The maximum Gasteiger partial charge on any atom is 0.0166 e. The third kappa shape index (κ3) is 7.34. The van der Waals surface area contributed by atoms with Crippen LogP contribution in [-0.4, -0.2) is 37.1 Å². The molecule has 88 valence electrons. The summed E-state index contributed by atoms with van der Waals surface area (Å²) in [4.78, 5) is 2.39. The van der Waals surface area contributed by atoms with Crippen LogP contribution in [0, 0.1) is 0 Å². The molecule has 2 heteroatoms. The maximum atomic E-state index is 3.79. The van der Waals surface area contributed by atoms with Gasteiger partial charge in [-0.25, -0.2) is 0 Å². The zero-order valence-corrected chi connectivity index (χ0v) is 10.3. The third-order valence-corrected chi connectivity index (χ3v) is 2.58. The molecule has 0 fully saturated rings. The average molecular weight is 210 g/mol. The van der Waals surface area contributed by atoms with Crippen molar-refractivity contribution in [2.24, 2.45) is 0 Å². The molecule has 0 radical (unpaired) electrons. The Morgan fingerprint density at radius 1 is 1.27 bits per heavy atom. The first kappa shape index (κ1) is 14.4. The second-order valence-electron chi connectivity index (χ2n) is 3.88. The average Bonchev–Trinajstić information content (AvgIpc) is 2.24. The molecular formula is C13H26N2. The van der Waals surface area contributed by atoms with Crippen molar-refractivity contribution in [2.45, 2.75) is 32.7 Å². The molecule has 0 aromatic carbocycles. The molecule has 0 saturated carbocycles. The fourth-order valence-electron chi connectivity index (χ4n) is 1.65. The molecule has 1 unspecified atom stereocenters. The second kappa shape index (κ2) is 9.94. The van der Waals surface area contributed by atoms with E-state index in [0.717, 1.165) is 26.2 Å². The highest BCUT2D eigenvalue weighted by molar-refractivity contribution is 4.82. The van der Waals surface area contributed by atoms with E-state index in [1.807, 2.05) is 12.2 Å². The molecule has 2 nitrogen and oxygen atoms in total. The molecule has 0 aromatic heterocycles. The van der Waals surface area contributed by atoms with Gasteiger partial charge >= 0.3 is 0 Å². The molecule has 0 aromatic rings. The van der Waals surface area contributed by atoms with Crippen molar-refractivity contribution in [1.82, 2.24) is 10.2 Å². The molecule has 0 rings (SSSR count). The zero-order valence-electron chi connectivity index (χ0n) is 10.3. The Morgan fingerprint density at radius 2 is 1.87 bits per heavy atom. The lowest BCUT2D eigenvalue weighted by Gasteiger charge is -2.26. The van der Waals surface area contributed by atoms with Gasteiger partial charge in [0.25, 0.3) is 0 Å². The lowest BCUT2D eigenvalue weighted by molar-refractivity contribution is 0.241. The Bertz CT molecular complexity index is 156. The predicted molar refractivity (Wildman–Crippen MR) is 69.2 cm³/mol. The summed E-state index contributed by atoms with van der Waals surface area (Å²) >= 11 is 0. The SMILES string of the molecule is C=CCN(CC=C)C(C)CCCNCC. The van der Waals surface area contributed by atoms with Gasteiger partial charge in [-0.3, -0.25) is 4.90 Å². The molecule has 1 atom stereocenters.